The summed E-state index contributed by atoms with van der Waals surface area (Å²) in [5.74, 6) is 0. The summed E-state index contributed by atoms with van der Waals surface area (Å²) in [6, 6.07) is 12.7. The zero-order chi connectivity index (χ0) is 18.3. The predicted octanol–water partition coefficient (Wildman–Crippen LogP) is 4.75. The Kier molecular flexibility index (Phi) is 4.82. The Bertz CT molecular complexity index is 937. The average molecular weight is 389 g/mol. The standard InChI is InChI=1S/C20H22Cl2N4/c1-13-11-23-7-8-25(13)16-4-6-19-20(10-16)26(12-24-19)14(2)17-5-3-15(21)9-18(17)22/h3-6,9-10,12-14,23H,7-8,11H2,1-2H3/t13-,14-/m1/s1. The molecular weight excluding hydrogens is 367 g/mol. The van der Waals surface area contributed by atoms with Crippen molar-refractivity contribution in [2.45, 2.75) is 25.9 Å². The van der Waals surface area contributed by atoms with Gasteiger partial charge in [0, 0.05) is 41.4 Å². The lowest BCUT2D eigenvalue weighted by Gasteiger charge is -2.36. The lowest BCUT2D eigenvalue weighted by Crippen LogP contribution is -2.49. The van der Waals surface area contributed by atoms with Crippen molar-refractivity contribution in [1.82, 2.24) is 14.9 Å². The molecule has 6 heteroatoms. The third kappa shape index (κ3) is 3.18. The zero-order valence-corrected chi connectivity index (χ0v) is 16.4. The van der Waals surface area contributed by atoms with Gasteiger partial charge in [-0.3, -0.25) is 0 Å². The quantitative estimate of drug-likeness (QED) is 0.702. The number of fused-ring (bicyclic) bond motifs is 1. The minimum Gasteiger partial charge on any atom is -0.366 e. The van der Waals surface area contributed by atoms with Gasteiger partial charge in [0.15, 0.2) is 0 Å². The fourth-order valence-corrected chi connectivity index (χ4v) is 4.28. The molecule has 1 fully saturated rings. The van der Waals surface area contributed by atoms with Gasteiger partial charge in [-0.1, -0.05) is 29.3 Å². The van der Waals surface area contributed by atoms with Crippen molar-refractivity contribution in [3.8, 4) is 0 Å². The van der Waals surface area contributed by atoms with E-state index in [2.05, 4.69) is 51.8 Å². The monoisotopic (exact) mass is 388 g/mol. The molecule has 2 heterocycles. The number of nitrogens with zero attached hydrogens (tertiary/aromatic N) is 3. The molecule has 1 aliphatic heterocycles. The second kappa shape index (κ2) is 7.10. The molecule has 0 spiro atoms. The number of piperazine rings is 1. The maximum Gasteiger partial charge on any atom is 0.0964 e. The van der Waals surface area contributed by atoms with Crippen LogP contribution in [-0.4, -0.2) is 35.2 Å². The number of benzene rings is 2. The highest BCUT2D eigenvalue weighted by molar-refractivity contribution is 6.35. The summed E-state index contributed by atoms with van der Waals surface area (Å²) in [5, 5.41) is 4.77. The topological polar surface area (TPSA) is 33.1 Å². The molecule has 1 aromatic heterocycles. The first-order chi connectivity index (χ1) is 12.5. The molecule has 4 nitrogen and oxygen atoms in total. The number of rotatable bonds is 3. The molecule has 26 heavy (non-hydrogen) atoms. The average Bonchev–Trinajstić information content (AvgIpc) is 3.05. The summed E-state index contributed by atoms with van der Waals surface area (Å²) in [6.07, 6.45) is 1.89. The van der Waals surface area contributed by atoms with Gasteiger partial charge >= 0.3 is 0 Å². The van der Waals surface area contributed by atoms with E-state index in [4.69, 9.17) is 23.2 Å². The van der Waals surface area contributed by atoms with Gasteiger partial charge in [0.05, 0.1) is 23.4 Å². The van der Waals surface area contributed by atoms with Gasteiger partial charge in [-0.2, -0.15) is 0 Å². The molecule has 1 aliphatic rings. The Morgan fingerprint density at radius 2 is 2.04 bits per heavy atom. The predicted molar refractivity (Wildman–Crippen MR) is 110 cm³/mol. The number of hydrogen-bond donors (Lipinski definition) is 1. The fourth-order valence-electron chi connectivity index (χ4n) is 3.72. The fraction of sp³-hybridized carbons (Fsp3) is 0.350. The highest BCUT2D eigenvalue weighted by atomic mass is 35.5. The molecule has 2 atom stereocenters. The van der Waals surface area contributed by atoms with E-state index >= 15 is 0 Å². The van der Waals surface area contributed by atoms with Crippen LogP contribution in [0.2, 0.25) is 10.0 Å². The van der Waals surface area contributed by atoms with Gasteiger partial charge in [0.25, 0.3) is 0 Å². The largest absolute Gasteiger partial charge is 0.366 e. The lowest BCUT2D eigenvalue weighted by molar-refractivity contribution is 0.501. The summed E-state index contributed by atoms with van der Waals surface area (Å²) in [4.78, 5) is 7.03. The number of aromatic nitrogens is 2. The Morgan fingerprint density at radius 1 is 1.19 bits per heavy atom. The van der Waals surface area contributed by atoms with Crippen LogP contribution in [0.1, 0.15) is 25.5 Å². The second-order valence-corrected chi connectivity index (χ2v) is 7.76. The van der Waals surface area contributed by atoms with Crippen molar-refractivity contribution >= 4 is 39.9 Å². The smallest absolute Gasteiger partial charge is 0.0964 e. The van der Waals surface area contributed by atoms with Crippen LogP contribution >= 0.6 is 23.2 Å². The maximum absolute atomic E-state index is 6.43. The second-order valence-electron chi connectivity index (χ2n) is 6.91. The van der Waals surface area contributed by atoms with Crippen LogP contribution < -0.4 is 10.2 Å². The van der Waals surface area contributed by atoms with Crippen molar-refractivity contribution in [1.29, 1.82) is 0 Å². The molecule has 0 radical (unpaired) electrons. The summed E-state index contributed by atoms with van der Waals surface area (Å²) in [6.45, 7) is 7.42. The molecule has 1 N–H and O–H groups in total. The first kappa shape index (κ1) is 17.7. The summed E-state index contributed by atoms with van der Waals surface area (Å²) >= 11 is 12.5. The van der Waals surface area contributed by atoms with Crippen LogP contribution in [0.25, 0.3) is 11.0 Å². The third-order valence-electron chi connectivity index (χ3n) is 5.22. The molecule has 4 rings (SSSR count). The third-order valence-corrected chi connectivity index (χ3v) is 5.78. The highest BCUT2D eigenvalue weighted by Gasteiger charge is 2.20. The highest BCUT2D eigenvalue weighted by Crippen LogP contribution is 2.32. The Hall–Kier alpha value is -1.75. The van der Waals surface area contributed by atoms with Crippen LogP contribution in [0, 0.1) is 0 Å². The summed E-state index contributed by atoms with van der Waals surface area (Å²) in [5.41, 5.74) is 4.39. The van der Waals surface area contributed by atoms with Crippen LogP contribution in [0.5, 0.6) is 0 Å². The van der Waals surface area contributed by atoms with Crippen LogP contribution in [0.3, 0.4) is 0 Å². The van der Waals surface area contributed by atoms with E-state index < -0.39 is 0 Å². The van der Waals surface area contributed by atoms with E-state index in [1.807, 2.05) is 18.5 Å². The van der Waals surface area contributed by atoms with Crippen LogP contribution in [0.4, 0.5) is 5.69 Å². The Balaban J connectivity index is 1.74. The Morgan fingerprint density at radius 3 is 2.81 bits per heavy atom. The normalized spacial score (nSPS) is 19.1. The van der Waals surface area contributed by atoms with Gasteiger partial charge < -0.3 is 14.8 Å². The van der Waals surface area contributed by atoms with Gasteiger partial charge in [0.2, 0.25) is 0 Å². The van der Waals surface area contributed by atoms with Gasteiger partial charge in [-0.05, 0) is 49.7 Å². The molecule has 3 aromatic rings. The van der Waals surface area contributed by atoms with E-state index in [1.165, 1.54) is 5.69 Å². The van der Waals surface area contributed by atoms with E-state index in [-0.39, 0.29) is 6.04 Å². The van der Waals surface area contributed by atoms with Crippen molar-refractivity contribution in [3.05, 3.63) is 58.3 Å². The van der Waals surface area contributed by atoms with Gasteiger partial charge in [-0.25, -0.2) is 4.98 Å². The molecule has 0 saturated carbocycles. The maximum atomic E-state index is 6.43. The van der Waals surface area contributed by atoms with E-state index in [1.54, 1.807) is 6.07 Å². The lowest BCUT2D eigenvalue weighted by atomic mass is 10.1. The molecule has 0 unspecified atom stereocenters. The minimum atomic E-state index is 0.0699. The SMILES string of the molecule is C[C@@H]1CNCCN1c1ccc2ncn([C@H](C)c3ccc(Cl)cc3Cl)c2c1. The van der Waals surface area contributed by atoms with E-state index in [9.17, 15) is 0 Å². The van der Waals surface area contributed by atoms with E-state index in [0.29, 0.717) is 16.1 Å². The van der Waals surface area contributed by atoms with Crippen molar-refractivity contribution in [3.63, 3.8) is 0 Å². The van der Waals surface area contributed by atoms with Gasteiger partial charge in [-0.15, -0.1) is 0 Å². The first-order valence-corrected chi connectivity index (χ1v) is 9.69. The number of halogens is 2. The molecule has 136 valence electrons. The van der Waals surface area contributed by atoms with Crippen molar-refractivity contribution < 1.29 is 0 Å². The molecular formula is C20H22Cl2N4. The van der Waals surface area contributed by atoms with Crippen LogP contribution in [0.15, 0.2) is 42.7 Å². The number of anilines is 1. The molecule has 0 bridgehead atoms. The first-order valence-electron chi connectivity index (χ1n) is 8.93. The number of nitrogens with one attached hydrogen (secondary N) is 1. The molecule has 0 amide bonds. The van der Waals surface area contributed by atoms with Crippen molar-refractivity contribution in [2.24, 2.45) is 0 Å². The number of hydrogen-bond acceptors (Lipinski definition) is 3. The van der Waals surface area contributed by atoms with Crippen LogP contribution in [-0.2, 0) is 0 Å². The molecule has 2 aromatic carbocycles. The van der Waals surface area contributed by atoms with E-state index in [0.717, 1.165) is 36.2 Å². The zero-order valence-electron chi connectivity index (χ0n) is 14.9. The van der Waals surface area contributed by atoms with Crippen molar-refractivity contribution in [2.75, 3.05) is 24.5 Å². The van der Waals surface area contributed by atoms with Gasteiger partial charge in [0.1, 0.15) is 0 Å². The minimum absolute atomic E-state index is 0.0699. The summed E-state index contributed by atoms with van der Waals surface area (Å²) in [7, 11) is 0. The molecule has 0 aliphatic carbocycles. The Labute approximate surface area is 163 Å². The number of imidazole rings is 1. The summed E-state index contributed by atoms with van der Waals surface area (Å²) < 4.78 is 2.18. The molecule has 1 saturated heterocycles.